The third kappa shape index (κ3) is 3.97. The number of aliphatic carboxylic acids is 1. The van der Waals surface area contributed by atoms with Gasteiger partial charge >= 0.3 is 5.97 Å². The molecule has 1 unspecified atom stereocenters. The molecule has 2 nitrogen and oxygen atoms in total. The molecule has 1 fully saturated rings. The van der Waals surface area contributed by atoms with Crippen LogP contribution in [0.25, 0.3) is 0 Å². The second-order valence-corrected chi connectivity index (χ2v) is 12.5. The van der Waals surface area contributed by atoms with Crippen LogP contribution < -0.4 is 0 Å². The summed E-state index contributed by atoms with van der Waals surface area (Å²) in [5, 5.41) is 9.36. The minimum atomic E-state index is -1.44. The molecule has 0 radical (unpaired) electrons. The molecule has 0 aromatic heterocycles. The molecule has 0 aliphatic heterocycles. The van der Waals surface area contributed by atoms with E-state index in [-0.39, 0.29) is 0 Å². The van der Waals surface area contributed by atoms with Gasteiger partial charge < -0.3 is 5.11 Å². The average molecular weight is 268 g/mol. The van der Waals surface area contributed by atoms with Gasteiger partial charge in [0.25, 0.3) is 0 Å². The van der Waals surface area contributed by atoms with E-state index in [4.69, 9.17) is 5.11 Å². The lowest BCUT2D eigenvalue weighted by Crippen LogP contribution is -2.36. The third-order valence-electron chi connectivity index (χ3n) is 4.69. The highest BCUT2D eigenvalue weighted by molar-refractivity contribution is 6.84. The van der Waals surface area contributed by atoms with Crippen LogP contribution in [0.2, 0.25) is 18.1 Å². The fraction of sp³-hybridized carbons (Fsp3) is 0.800. The van der Waals surface area contributed by atoms with Crippen molar-refractivity contribution in [3.8, 4) is 0 Å². The Bertz CT molecular complexity index is 337. The lowest BCUT2D eigenvalue weighted by molar-refractivity contribution is -0.137. The highest BCUT2D eigenvalue weighted by Gasteiger charge is 2.34. The molecule has 0 saturated heterocycles. The van der Waals surface area contributed by atoms with E-state index in [0.29, 0.717) is 17.4 Å². The molecule has 0 spiro atoms. The van der Waals surface area contributed by atoms with Crippen molar-refractivity contribution in [2.75, 3.05) is 0 Å². The molecule has 104 valence electrons. The summed E-state index contributed by atoms with van der Waals surface area (Å²) in [6.45, 7) is 11.7. The van der Waals surface area contributed by atoms with Crippen LogP contribution in [-0.2, 0) is 4.79 Å². The molecule has 0 amide bonds. The van der Waals surface area contributed by atoms with Gasteiger partial charge in [-0.1, -0.05) is 51.6 Å². The Labute approximate surface area is 112 Å². The van der Waals surface area contributed by atoms with E-state index < -0.39 is 14.0 Å². The van der Waals surface area contributed by atoms with Crippen molar-refractivity contribution in [3.63, 3.8) is 0 Å². The van der Waals surface area contributed by atoms with Crippen LogP contribution in [0.4, 0.5) is 0 Å². The van der Waals surface area contributed by atoms with E-state index in [1.54, 1.807) is 0 Å². The van der Waals surface area contributed by atoms with Gasteiger partial charge in [0.1, 0.15) is 0 Å². The molecule has 1 N–H and O–H groups in total. The Morgan fingerprint density at radius 2 is 2.00 bits per heavy atom. The first-order valence-electron chi connectivity index (χ1n) is 7.07. The predicted molar refractivity (Wildman–Crippen MR) is 79.5 cm³/mol. The van der Waals surface area contributed by atoms with Gasteiger partial charge in [-0.05, 0) is 30.2 Å². The van der Waals surface area contributed by atoms with Crippen LogP contribution in [0.5, 0.6) is 0 Å². The molecular formula is C15H28O2Si. The van der Waals surface area contributed by atoms with Crippen LogP contribution in [-0.4, -0.2) is 19.1 Å². The number of carboxylic acids is 1. The molecule has 1 aliphatic rings. The van der Waals surface area contributed by atoms with Crippen molar-refractivity contribution < 1.29 is 9.90 Å². The topological polar surface area (TPSA) is 37.3 Å². The first-order valence-corrected chi connectivity index (χ1v) is 10.1. The monoisotopic (exact) mass is 268 g/mol. The first-order chi connectivity index (χ1) is 8.13. The summed E-state index contributed by atoms with van der Waals surface area (Å²) in [5.74, 6) is -0.353. The van der Waals surface area contributed by atoms with Gasteiger partial charge in [0.05, 0.1) is 14.5 Å². The molecule has 0 bridgehead atoms. The van der Waals surface area contributed by atoms with Gasteiger partial charge in [0.15, 0.2) is 0 Å². The molecule has 1 atom stereocenters. The normalized spacial score (nSPS) is 24.3. The number of carboxylic acid groups (broad SMARTS) is 1. The quantitative estimate of drug-likeness (QED) is 0.758. The number of carbonyl (C=O) groups is 1. The lowest BCUT2D eigenvalue weighted by Gasteiger charge is -2.37. The summed E-state index contributed by atoms with van der Waals surface area (Å²) in [6, 6.07) is 0. The fourth-order valence-electron chi connectivity index (χ4n) is 2.42. The van der Waals surface area contributed by atoms with E-state index in [0.717, 1.165) is 12.8 Å². The molecule has 0 aromatic rings. The van der Waals surface area contributed by atoms with Gasteiger partial charge in [-0.15, -0.1) is 0 Å². The maximum atomic E-state index is 11.0. The fourth-order valence-corrected chi connectivity index (χ4v) is 4.16. The zero-order valence-corrected chi connectivity index (χ0v) is 13.5. The van der Waals surface area contributed by atoms with Gasteiger partial charge in [-0.2, -0.15) is 0 Å². The first kappa shape index (κ1) is 15.5. The summed E-state index contributed by atoms with van der Waals surface area (Å²) < 4.78 is 0. The van der Waals surface area contributed by atoms with Crippen LogP contribution >= 0.6 is 0 Å². The van der Waals surface area contributed by atoms with Crippen molar-refractivity contribution in [1.82, 2.24) is 0 Å². The number of allylic oxidation sites excluding steroid dienone is 1. The van der Waals surface area contributed by atoms with E-state index in [2.05, 4.69) is 39.6 Å². The molecule has 3 heteroatoms. The van der Waals surface area contributed by atoms with Crippen molar-refractivity contribution in [2.45, 2.75) is 71.0 Å². The molecule has 0 heterocycles. The standard InChI is InChI=1S/C15H28O2Si/c1-15(2,3)18(4,5)11-13-9-7-6-8-12(13)10-14(16)17/h11-12H,6-10H2,1-5H3,(H,16,17). The van der Waals surface area contributed by atoms with Crippen molar-refractivity contribution >= 4 is 14.0 Å². The molecular weight excluding hydrogens is 240 g/mol. The second-order valence-electron chi connectivity index (χ2n) is 7.23. The maximum absolute atomic E-state index is 11.0. The SMILES string of the molecule is CC(C)(C)[Si](C)(C)C=C1CCCCC1CC(=O)O. The summed E-state index contributed by atoms with van der Waals surface area (Å²) in [6.07, 6.45) is 4.92. The highest BCUT2D eigenvalue weighted by Crippen LogP contribution is 2.40. The zero-order chi connectivity index (χ0) is 14.0. The second kappa shape index (κ2) is 5.60. The van der Waals surface area contributed by atoms with Crippen molar-refractivity contribution in [3.05, 3.63) is 11.3 Å². The van der Waals surface area contributed by atoms with E-state index in [1.165, 1.54) is 18.4 Å². The minimum absolute atomic E-state index is 0.297. The van der Waals surface area contributed by atoms with E-state index in [9.17, 15) is 4.79 Å². The molecule has 0 aromatic carbocycles. The lowest BCUT2D eigenvalue weighted by atomic mass is 9.83. The average Bonchev–Trinajstić information content (AvgIpc) is 2.18. The number of hydrogen-bond acceptors (Lipinski definition) is 1. The van der Waals surface area contributed by atoms with E-state index in [1.807, 2.05) is 0 Å². The van der Waals surface area contributed by atoms with Gasteiger partial charge in [0, 0.05) is 0 Å². The Balaban J connectivity index is 2.92. The Hall–Kier alpha value is -0.573. The number of hydrogen-bond donors (Lipinski definition) is 1. The number of rotatable bonds is 3. The highest BCUT2D eigenvalue weighted by atomic mass is 28.3. The van der Waals surface area contributed by atoms with Crippen LogP contribution in [0, 0.1) is 5.92 Å². The van der Waals surface area contributed by atoms with Crippen LogP contribution in [0.15, 0.2) is 11.3 Å². The Kier molecular flexibility index (Phi) is 4.82. The van der Waals surface area contributed by atoms with Crippen LogP contribution in [0.1, 0.15) is 52.9 Å². The zero-order valence-electron chi connectivity index (χ0n) is 12.5. The van der Waals surface area contributed by atoms with Crippen molar-refractivity contribution in [1.29, 1.82) is 0 Å². The predicted octanol–water partition coefficient (Wildman–Crippen LogP) is 4.63. The Morgan fingerprint density at radius 1 is 1.39 bits per heavy atom. The maximum Gasteiger partial charge on any atom is 0.303 e. The van der Waals surface area contributed by atoms with Gasteiger partial charge in [-0.25, -0.2) is 0 Å². The third-order valence-corrected chi connectivity index (χ3v) is 9.65. The van der Waals surface area contributed by atoms with Crippen LogP contribution in [0.3, 0.4) is 0 Å². The van der Waals surface area contributed by atoms with Crippen molar-refractivity contribution in [2.24, 2.45) is 5.92 Å². The Morgan fingerprint density at radius 3 is 2.50 bits per heavy atom. The molecule has 1 aliphatic carbocycles. The van der Waals surface area contributed by atoms with Gasteiger partial charge in [0.2, 0.25) is 0 Å². The molecule has 1 saturated carbocycles. The summed E-state index contributed by atoms with van der Waals surface area (Å²) in [4.78, 5) is 11.0. The molecule has 1 rings (SSSR count). The smallest absolute Gasteiger partial charge is 0.303 e. The molecule has 18 heavy (non-hydrogen) atoms. The van der Waals surface area contributed by atoms with E-state index >= 15 is 0 Å². The largest absolute Gasteiger partial charge is 0.481 e. The minimum Gasteiger partial charge on any atom is -0.481 e. The summed E-state index contributed by atoms with van der Waals surface area (Å²) >= 11 is 0. The summed E-state index contributed by atoms with van der Waals surface area (Å²) in [5.41, 5.74) is 3.94. The van der Waals surface area contributed by atoms with Gasteiger partial charge in [-0.3, -0.25) is 4.79 Å². The summed E-state index contributed by atoms with van der Waals surface area (Å²) in [7, 11) is -1.44.